The molecule has 1 fully saturated rings. The van der Waals surface area contributed by atoms with Gasteiger partial charge < -0.3 is 5.32 Å². The van der Waals surface area contributed by atoms with Crippen molar-refractivity contribution < 1.29 is 8.78 Å². The van der Waals surface area contributed by atoms with Gasteiger partial charge in [-0.05, 0) is 37.1 Å². The van der Waals surface area contributed by atoms with Crippen LogP contribution in [0.3, 0.4) is 0 Å². The van der Waals surface area contributed by atoms with Crippen molar-refractivity contribution in [2.45, 2.75) is 38.4 Å². The zero-order chi connectivity index (χ0) is 13.8. The number of hydrogen-bond acceptors (Lipinski definition) is 2. The third-order valence-corrected chi connectivity index (χ3v) is 3.92. The summed E-state index contributed by atoms with van der Waals surface area (Å²) >= 11 is 3.52. The Bertz CT molecular complexity index is 422. The van der Waals surface area contributed by atoms with Gasteiger partial charge in [-0.1, -0.05) is 28.1 Å². The molecule has 1 N–H and O–H groups in total. The highest BCUT2D eigenvalue weighted by atomic mass is 79.9. The summed E-state index contributed by atoms with van der Waals surface area (Å²) in [5.41, 5.74) is 2.26. The van der Waals surface area contributed by atoms with Gasteiger partial charge >= 0.3 is 0 Å². The summed E-state index contributed by atoms with van der Waals surface area (Å²) in [4.78, 5) is 1.63. The first-order chi connectivity index (χ1) is 9.04. The van der Waals surface area contributed by atoms with Crippen molar-refractivity contribution >= 4 is 15.9 Å². The predicted molar refractivity (Wildman–Crippen MR) is 76.3 cm³/mol. The fourth-order valence-corrected chi connectivity index (χ4v) is 2.52. The molecule has 1 saturated carbocycles. The minimum absolute atomic E-state index is 0.197. The van der Waals surface area contributed by atoms with E-state index in [2.05, 4.69) is 33.4 Å². The predicted octanol–water partition coefficient (Wildman–Crippen LogP) is 3.40. The van der Waals surface area contributed by atoms with Gasteiger partial charge in [0.25, 0.3) is 6.43 Å². The van der Waals surface area contributed by atoms with E-state index in [-0.39, 0.29) is 6.54 Å². The molecule has 0 unspecified atom stereocenters. The standard InChI is InChI=1S/C14H19BrF2N2/c1-19(9-14(16)17)8-11-3-2-10(6-13(11)15)7-18-12-4-5-12/h2-3,6,12,14,18H,4-5,7-9H2,1H3. The molecule has 0 amide bonds. The monoisotopic (exact) mass is 332 g/mol. The first kappa shape index (κ1) is 14.9. The van der Waals surface area contributed by atoms with Crippen molar-refractivity contribution in [1.29, 1.82) is 0 Å². The number of nitrogens with one attached hydrogen (secondary N) is 1. The zero-order valence-electron chi connectivity index (χ0n) is 11.0. The van der Waals surface area contributed by atoms with Gasteiger partial charge in [-0.25, -0.2) is 8.78 Å². The molecule has 0 bridgehead atoms. The molecule has 2 rings (SSSR count). The summed E-state index contributed by atoms with van der Waals surface area (Å²) < 4.78 is 25.5. The van der Waals surface area contributed by atoms with Crippen LogP contribution in [0, 0.1) is 0 Å². The lowest BCUT2D eigenvalue weighted by Gasteiger charge is -2.17. The van der Waals surface area contributed by atoms with Crippen LogP contribution in [-0.4, -0.2) is 31.0 Å². The Morgan fingerprint density at radius 3 is 2.74 bits per heavy atom. The summed E-state index contributed by atoms with van der Waals surface area (Å²) in [5, 5.41) is 3.46. The second-order valence-electron chi connectivity index (χ2n) is 5.17. The third kappa shape index (κ3) is 5.16. The fourth-order valence-electron chi connectivity index (χ4n) is 1.97. The van der Waals surface area contributed by atoms with Crippen molar-refractivity contribution in [3.05, 3.63) is 33.8 Å². The summed E-state index contributed by atoms with van der Waals surface area (Å²) in [7, 11) is 1.71. The quantitative estimate of drug-likeness (QED) is 0.823. The summed E-state index contributed by atoms with van der Waals surface area (Å²) in [6, 6.07) is 6.83. The number of rotatable bonds is 7. The Kier molecular flexibility index (Phi) is 5.30. The second-order valence-corrected chi connectivity index (χ2v) is 6.02. The number of hydrogen-bond donors (Lipinski definition) is 1. The molecule has 0 saturated heterocycles. The molecule has 106 valence electrons. The Labute approximate surface area is 121 Å². The third-order valence-electron chi connectivity index (χ3n) is 3.18. The van der Waals surface area contributed by atoms with Gasteiger partial charge in [0, 0.05) is 23.6 Å². The van der Waals surface area contributed by atoms with Gasteiger partial charge in [0.1, 0.15) is 0 Å². The average Bonchev–Trinajstić information content (AvgIpc) is 3.12. The molecular weight excluding hydrogens is 314 g/mol. The maximum Gasteiger partial charge on any atom is 0.251 e. The lowest BCUT2D eigenvalue weighted by Crippen LogP contribution is -2.24. The Morgan fingerprint density at radius 1 is 1.42 bits per heavy atom. The van der Waals surface area contributed by atoms with Crippen LogP contribution < -0.4 is 5.32 Å². The van der Waals surface area contributed by atoms with E-state index in [0.717, 1.165) is 16.6 Å². The van der Waals surface area contributed by atoms with E-state index >= 15 is 0 Å². The highest BCUT2D eigenvalue weighted by molar-refractivity contribution is 9.10. The number of nitrogens with zero attached hydrogens (tertiary/aromatic N) is 1. The first-order valence-electron chi connectivity index (χ1n) is 6.52. The summed E-state index contributed by atoms with van der Waals surface area (Å²) in [5.74, 6) is 0. The average molecular weight is 333 g/mol. The van der Waals surface area contributed by atoms with E-state index in [1.165, 1.54) is 18.4 Å². The van der Waals surface area contributed by atoms with Crippen LogP contribution in [0.5, 0.6) is 0 Å². The number of alkyl halides is 2. The molecule has 1 aromatic rings. The maximum atomic E-state index is 12.3. The molecule has 5 heteroatoms. The van der Waals surface area contributed by atoms with E-state index in [0.29, 0.717) is 12.6 Å². The van der Waals surface area contributed by atoms with Crippen LogP contribution in [0.4, 0.5) is 8.78 Å². The molecule has 1 aromatic carbocycles. The zero-order valence-corrected chi connectivity index (χ0v) is 12.6. The number of benzene rings is 1. The fraction of sp³-hybridized carbons (Fsp3) is 0.571. The van der Waals surface area contributed by atoms with E-state index < -0.39 is 6.43 Å². The Balaban J connectivity index is 1.89. The molecule has 0 heterocycles. The van der Waals surface area contributed by atoms with Crippen molar-refractivity contribution in [2.75, 3.05) is 13.6 Å². The molecule has 19 heavy (non-hydrogen) atoms. The smallest absolute Gasteiger partial charge is 0.251 e. The van der Waals surface area contributed by atoms with E-state index in [1.807, 2.05) is 6.07 Å². The molecule has 1 aliphatic rings. The van der Waals surface area contributed by atoms with Crippen molar-refractivity contribution in [2.24, 2.45) is 0 Å². The number of halogens is 3. The van der Waals surface area contributed by atoms with Gasteiger partial charge in [0.15, 0.2) is 0 Å². The molecule has 0 aromatic heterocycles. The van der Waals surface area contributed by atoms with Gasteiger partial charge in [0.2, 0.25) is 0 Å². The van der Waals surface area contributed by atoms with Crippen molar-refractivity contribution in [1.82, 2.24) is 10.2 Å². The first-order valence-corrected chi connectivity index (χ1v) is 7.31. The van der Waals surface area contributed by atoms with E-state index in [4.69, 9.17) is 0 Å². The van der Waals surface area contributed by atoms with Crippen molar-refractivity contribution in [3.63, 3.8) is 0 Å². The van der Waals surface area contributed by atoms with Gasteiger partial charge in [-0.3, -0.25) is 4.90 Å². The highest BCUT2D eigenvalue weighted by Crippen LogP contribution is 2.22. The molecular formula is C14H19BrF2N2. The summed E-state index contributed by atoms with van der Waals surface area (Å²) in [6.45, 7) is 1.20. The van der Waals surface area contributed by atoms with Crippen LogP contribution in [0.2, 0.25) is 0 Å². The molecule has 0 radical (unpaired) electrons. The maximum absolute atomic E-state index is 12.3. The van der Waals surface area contributed by atoms with Gasteiger partial charge in [0.05, 0.1) is 6.54 Å². The molecule has 2 nitrogen and oxygen atoms in total. The van der Waals surface area contributed by atoms with E-state index in [1.54, 1.807) is 11.9 Å². The van der Waals surface area contributed by atoms with Crippen LogP contribution in [-0.2, 0) is 13.1 Å². The SMILES string of the molecule is CN(Cc1ccc(CNC2CC2)cc1Br)CC(F)F. The summed E-state index contributed by atoms with van der Waals surface area (Å²) in [6.07, 6.45) is 0.265. The minimum Gasteiger partial charge on any atom is -0.310 e. The normalized spacial score (nSPS) is 15.5. The molecule has 1 aliphatic carbocycles. The van der Waals surface area contributed by atoms with Crippen molar-refractivity contribution in [3.8, 4) is 0 Å². The van der Waals surface area contributed by atoms with Gasteiger partial charge in [-0.2, -0.15) is 0 Å². The molecule has 0 atom stereocenters. The largest absolute Gasteiger partial charge is 0.310 e. The Morgan fingerprint density at radius 2 is 2.16 bits per heavy atom. The van der Waals surface area contributed by atoms with Crippen LogP contribution in [0.1, 0.15) is 24.0 Å². The molecule has 0 spiro atoms. The van der Waals surface area contributed by atoms with Crippen LogP contribution in [0.25, 0.3) is 0 Å². The van der Waals surface area contributed by atoms with E-state index in [9.17, 15) is 8.78 Å². The topological polar surface area (TPSA) is 15.3 Å². The van der Waals surface area contributed by atoms with Gasteiger partial charge in [-0.15, -0.1) is 0 Å². The Hall–Kier alpha value is -0.520. The lowest BCUT2D eigenvalue weighted by atomic mass is 10.1. The van der Waals surface area contributed by atoms with Crippen LogP contribution in [0.15, 0.2) is 22.7 Å². The second kappa shape index (κ2) is 6.77. The molecule has 0 aliphatic heterocycles. The highest BCUT2D eigenvalue weighted by Gasteiger charge is 2.20. The van der Waals surface area contributed by atoms with Crippen LogP contribution >= 0.6 is 15.9 Å². The lowest BCUT2D eigenvalue weighted by molar-refractivity contribution is 0.0975. The minimum atomic E-state index is -2.29.